The van der Waals surface area contributed by atoms with Gasteiger partial charge in [-0.05, 0) is 37.7 Å². The predicted octanol–water partition coefficient (Wildman–Crippen LogP) is 1.16. The van der Waals surface area contributed by atoms with E-state index in [-0.39, 0.29) is 17.4 Å². The van der Waals surface area contributed by atoms with Gasteiger partial charge in [0.15, 0.2) is 0 Å². The molecule has 0 bridgehead atoms. The number of fused-ring (bicyclic) bond motifs is 1. The van der Waals surface area contributed by atoms with Crippen molar-refractivity contribution in [1.29, 1.82) is 0 Å². The number of pyridine rings is 1. The topological polar surface area (TPSA) is 76.7 Å². The molecule has 7 heteroatoms. The van der Waals surface area contributed by atoms with Crippen LogP contribution in [0.15, 0.2) is 41.2 Å². The van der Waals surface area contributed by atoms with Crippen LogP contribution < -0.4 is 5.56 Å². The lowest BCUT2D eigenvalue weighted by atomic mass is 10.1. The van der Waals surface area contributed by atoms with E-state index in [1.54, 1.807) is 17.0 Å². The molecule has 1 saturated heterocycles. The van der Waals surface area contributed by atoms with E-state index in [1.807, 2.05) is 48.2 Å². The summed E-state index contributed by atoms with van der Waals surface area (Å²) in [7, 11) is 3.88. The first-order chi connectivity index (χ1) is 13.4. The molecule has 3 rings (SSSR count). The highest BCUT2D eigenvalue weighted by Crippen LogP contribution is 2.11. The summed E-state index contributed by atoms with van der Waals surface area (Å²) in [5, 5.41) is 0.916. The Morgan fingerprint density at radius 2 is 1.79 bits per heavy atom. The van der Waals surface area contributed by atoms with Gasteiger partial charge in [0.1, 0.15) is 0 Å². The Hall–Kier alpha value is -2.93. The number of hydrogen-bond acceptors (Lipinski definition) is 4. The Kier molecular flexibility index (Phi) is 6.26. The van der Waals surface area contributed by atoms with Crippen LogP contribution in [0.3, 0.4) is 0 Å². The summed E-state index contributed by atoms with van der Waals surface area (Å²) in [6.45, 7) is 2.82. The highest BCUT2D eigenvalue weighted by molar-refractivity contribution is 5.92. The summed E-state index contributed by atoms with van der Waals surface area (Å²) in [6, 6.07) is 9.30. The van der Waals surface area contributed by atoms with Gasteiger partial charge in [-0.3, -0.25) is 14.4 Å². The van der Waals surface area contributed by atoms with E-state index >= 15 is 0 Å². The molecule has 2 heterocycles. The number of carbonyl (C=O) groups excluding carboxylic acids is 2. The smallest absolute Gasteiger partial charge is 0.255 e. The van der Waals surface area contributed by atoms with E-state index in [9.17, 15) is 14.4 Å². The average molecular weight is 382 g/mol. The summed E-state index contributed by atoms with van der Waals surface area (Å²) in [5.74, 6) is -0.0213. The molecule has 1 aliphatic heterocycles. The lowest BCUT2D eigenvalue weighted by Gasteiger charge is -2.34. The van der Waals surface area contributed by atoms with Crippen LogP contribution in [-0.2, 0) is 9.59 Å². The molecule has 0 radical (unpaired) electrons. The number of aromatic amines is 1. The van der Waals surface area contributed by atoms with Gasteiger partial charge < -0.3 is 19.7 Å². The number of nitrogens with one attached hydrogen (secondary N) is 1. The Morgan fingerprint density at radius 1 is 1.11 bits per heavy atom. The van der Waals surface area contributed by atoms with Crippen molar-refractivity contribution in [2.75, 3.05) is 46.8 Å². The van der Waals surface area contributed by atoms with Crippen LogP contribution in [0.5, 0.6) is 0 Å². The molecule has 7 nitrogen and oxygen atoms in total. The van der Waals surface area contributed by atoms with E-state index in [4.69, 9.17) is 0 Å². The summed E-state index contributed by atoms with van der Waals surface area (Å²) >= 11 is 0. The van der Waals surface area contributed by atoms with Crippen molar-refractivity contribution in [2.24, 2.45) is 0 Å². The Balaban J connectivity index is 1.58. The van der Waals surface area contributed by atoms with Gasteiger partial charge in [-0.2, -0.15) is 0 Å². The Labute approximate surface area is 164 Å². The summed E-state index contributed by atoms with van der Waals surface area (Å²) in [4.78, 5) is 45.1. The fourth-order valence-corrected chi connectivity index (χ4v) is 3.21. The number of hydrogen-bond donors (Lipinski definition) is 1. The van der Waals surface area contributed by atoms with Crippen LogP contribution in [0.2, 0.25) is 0 Å². The average Bonchev–Trinajstić information content (AvgIpc) is 2.70. The Morgan fingerprint density at radius 3 is 2.50 bits per heavy atom. The molecule has 0 aliphatic carbocycles. The summed E-state index contributed by atoms with van der Waals surface area (Å²) < 4.78 is 0. The van der Waals surface area contributed by atoms with Crippen molar-refractivity contribution >= 4 is 28.8 Å². The number of H-pyrrole nitrogens is 1. The lowest BCUT2D eigenvalue weighted by molar-refractivity contribution is -0.137. The number of benzene rings is 1. The first-order valence-electron chi connectivity index (χ1n) is 9.45. The van der Waals surface area contributed by atoms with Crippen molar-refractivity contribution in [1.82, 2.24) is 19.7 Å². The molecule has 1 aliphatic rings. The highest BCUT2D eigenvalue weighted by Gasteiger charge is 2.22. The maximum atomic E-state index is 12.5. The fraction of sp³-hybridized carbons (Fsp3) is 0.381. The van der Waals surface area contributed by atoms with Crippen LogP contribution in [0.4, 0.5) is 0 Å². The molecule has 2 aromatic rings. The molecule has 0 unspecified atom stereocenters. The van der Waals surface area contributed by atoms with Gasteiger partial charge in [-0.25, -0.2) is 0 Å². The number of aromatic nitrogens is 1. The zero-order valence-corrected chi connectivity index (χ0v) is 16.4. The number of amides is 2. The molecule has 0 spiro atoms. The zero-order valence-electron chi connectivity index (χ0n) is 16.4. The normalized spacial score (nSPS) is 15.0. The van der Waals surface area contributed by atoms with Crippen LogP contribution >= 0.6 is 0 Å². The number of nitrogens with zero attached hydrogens (tertiary/aromatic N) is 3. The molecular weight excluding hydrogens is 356 g/mol. The minimum atomic E-state index is -0.223. The highest BCUT2D eigenvalue weighted by atomic mass is 16.2. The van der Waals surface area contributed by atoms with Gasteiger partial charge in [0.25, 0.3) is 5.56 Å². The molecule has 0 atom stereocenters. The predicted molar refractivity (Wildman–Crippen MR) is 110 cm³/mol. The molecule has 2 amide bonds. The van der Waals surface area contributed by atoms with Gasteiger partial charge >= 0.3 is 0 Å². The van der Waals surface area contributed by atoms with Crippen molar-refractivity contribution in [3.63, 3.8) is 0 Å². The van der Waals surface area contributed by atoms with E-state index in [2.05, 4.69) is 4.98 Å². The van der Waals surface area contributed by atoms with E-state index in [0.29, 0.717) is 38.2 Å². The van der Waals surface area contributed by atoms with E-state index in [1.165, 1.54) is 6.08 Å². The minimum absolute atomic E-state index is 0.124. The SMILES string of the molecule is CN(C)CCC(=O)N1CCN(C(=O)/C=C/c2cc3ccccc3[nH]c2=O)CC1. The van der Waals surface area contributed by atoms with Crippen molar-refractivity contribution < 1.29 is 9.59 Å². The van der Waals surface area contributed by atoms with Crippen LogP contribution in [0.25, 0.3) is 17.0 Å². The maximum absolute atomic E-state index is 12.5. The maximum Gasteiger partial charge on any atom is 0.255 e. The number of carbonyl (C=O) groups is 2. The number of rotatable bonds is 5. The molecule has 1 N–H and O–H groups in total. The minimum Gasteiger partial charge on any atom is -0.339 e. The van der Waals surface area contributed by atoms with Crippen LogP contribution in [-0.4, -0.2) is 78.3 Å². The molecule has 28 heavy (non-hydrogen) atoms. The van der Waals surface area contributed by atoms with Crippen LogP contribution in [0.1, 0.15) is 12.0 Å². The van der Waals surface area contributed by atoms with E-state index < -0.39 is 0 Å². The molecule has 0 saturated carbocycles. The van der Waals surface area contributed by atoms with Crippen molar-refractivity contribution in [2.45, 2.75) is 6.42 Å². The first kappa shape index (κ1) is 19.8. The molecule has 1 aromatic carbocycles. The number of para-hydroxylation sites is 1. The molecule has 1 aromatic heterocycles. The third-order valence-corrected chi connectivity index (χ3v) is 4.90. The quantitative estimate of drug-likeness (QED) is 0.788. The largest absolute Gasteiger partial charge is 0.339 e. The Bertz CT molecular complexity index is 940. The zero-order chi connectivity index (χ0) is 20.1. The van der Waals surface area contributed by atoms with Crippen molar-refractivity contribution in [3.05, 3.63) is 52.3 Å². The standard InChI is InChI=1S/C21H26N4O3/c1-23(2)10-9-20(27)25-13-11-24(12-14-25)19(26)8-7-17-15-16-5-3-4-6-18(16)22-21(17)28/h3-8,15H,9-14H2,1-2H3,(H,22,28)/b8-7+. The third-order valence-electron chi connectivity index (χ3n) is 4.90. The summed E-state index contributed by atoms with van der Waals surface area (Å²) in [6.07, 6.45) is 3.48. The second-order valence-corrected chi connectivity index (χ2v) is 7.23. The second-order valence-electron chi connectivity index (χ2n) is 7.23. The lowest BCUT2D eigenvalue weighted by Crippen LogP contribution is -2.50. The van der Waals surface area contributed by atoms with Gasteiger partial charge in [0, 0.05) is 56.3 Å². The van der Waals surface area contributed by atoms with Gasteiger partial charge in [-0.1, -0.05) is 18.2 Å². The van der Waals surface area contributed by atoms with Crippen LogP contribution in [0, 0.1) is 0 Å². The van der Waals surface area contributed by atoms with Gasteiger partial charge in [-0.15, -0.1) is 0 Å². The first-order valence-corrected chi connectivity index (χ1v) is 9.45. The third kappa shape index (κ3) is 4.86. The van der Waals surface area contributed by atoms with Gasteiger partial charge in [0.2, 0.25) is 11.8 Å². The van der Waals surface area contributed by atoms with E-state index in [0.717, 1.165) is 17.4 Å². The molecular formula is C21H26N4O3. The monoisotopic (exact) mass is 382 g/mol. The number of piperazine rings is 1. The van der Waals surface area contributed by atoms with Crippen molar-refractivity contribution in [3.8, 4) is 0 Å². The molecule has 1 fully saturated rings. The summed E-state index contributed by atoms with van der Waals surface area (Å²) in [5.41, 5.74) is 0.995. The van der Waals surface area contributed by atoms with Gasteiger partial charge in [0.05, 0.1) is 0 Å². The molecule has 148 valence electrons. The fourth-order valence-electron chi connectivity index (χ4n) is 3.21. The second kappa shape index (κ2) is 8.84.